The molecule has 1 fully saturated rings. The third kappa shape index (κ3) is 3.95. The number of amides is 1. The molecule has 2 rings (SSSR count). The standard InChI is InChI=1S/C15H24N4O/c1-3-18-6-8-19(9-7-18)11-15(20)17-14-5-4-13(16)10-12(14)2/h4-5,10H,3,6-9,11,16H2,1-2H3,(H,17,20). The van der Waals surface area contributed by atoms with Crippen LogP contribution in [-0.4, -0.2) is 55.0 Å². The smallest absolute Gasteiger partial charge is 0.238 e. The first-order chi connectivity index (χ1) is 9.58. The molecule has 20 heavy (non-hydrogen) atoms. The second-order valence-corrected chi connectivity index (χ2v) is 5.33. The molecule has 1 aromatic carbocycles. The molecule has 0 atom stereocenters. The second-order valence-electron chi connectivity index (χ2n) is 5.33. The molecule has 0 spiro atoms. The van der Waals surface area contributed by atoms with Crippen molar-refractivity contribution in [2.24, 2.45) is 0 Å². The van der Waals surface area contributed by atoms with Crippen molar-refractivity contribution < 1.29 is 4.79 Å². The van der Waals surface area contributed by atoms with Gasteiger partial charge >= 0.3 is 0 Å². The summed E-state index contributed by atoms with van der Waals surface area (Å²) in [6.07, 6.45) is 0. The quantitative estimate of drug-likeness (QED) is 0.810. The lowest BCUT2D eigenvalue weighted by atomic mass is 10.2. The highest BCUT2D eigenvalue weighted by Gasteiger charge is 2.17. The number of nitrogen functional groups attached to an aromatic ring is 1. The second kappa shape index (κ2) is 6.72. The third-order valence-corrected chi connectivity index (χ3v) is 3.80. The summed E-state index contributed by atoms with van der Waals surface area (Å²) in [5.41, 5.74) is 8.27. The number of nitrogens with two attached hydrogens (primary N) is 1. The zero-order chi connectivity index (χ0) is 14.5. The number of hydrogen-bond donors (Lipinski definition) is 2. The molecule has 0 bridgehead atoms. The lowest BCUT2D eigenvalue weighted by Crippen LogP contribution is -2.48. The number of anilines is 2. The Morgan fingerprint density at radius 1 is 1.25 bits per heavy atom. The van der Waals surface area contributed by atoms with Crippen molar-refractivity contribution in [3.05, 3.63) is 23.8 Å². The van der Waals surface area contributed by atoms with Crippen molar-refractivity contribution in [2.75, 3.05) is 50.3 Å². The van der Waals surface area contributed by atoms with Crippen LogP contribution in [0.3, 0.4) is 0 Å². The Bertz CT molecular complexity index is 467. The normalized spacial score (nSPS) is 17.1. The largest absolute Gasteiger partial charge is 0.399 e. The maximum Gasteiger partial charge on any atom is 0.238 e. The zero-order valence-electron chi connectivity index (χ0n) is 12.4. The number of rotatable bonds is 4. The molecule has 1 heterocycles. The number of carbonyl (C=O) groups excluding carboxylic acids is 1. The lowest BCUT2D eigenvalue weighted by Gasteiger charge is -2.33. The summed E-state index contributed by atoms with van der Waals surface area (Å²) < 4.78 is 0. The van der Waals surface area contributed by atoms with Gasteiger partial charge in [-0.1, -0.05) is 6.92 Å². The molecule has 5 heteroatoms. The van der Waals surface area contributed by atoms with E-state index in [1.54, 1.807) is 0 Å². The molecule has 1 aliphatic heterocycles. The van der Waals surface area contributed by atoms with E-state index < -0.39 is 0 Å². The fourth-order valence-electron chi connectivity index (χ4n) is 2.48. The molecule has 1 saturated heterocycles. The first kappa shape index (κ1) is 14.8. The van der Waals surface area contributed by atoms with Crippen LogP contribution < -0.4 is 11.1 Å². The molecule has 0 radical (unpaired) electrons. The Kier molecular flexibility index (Phi) is 4.98. The molecule has 1 amide bonds. The van der Waals surface area contributed by atoms with Crippen molar-refractivity contribution in [1.29, 1.82) is 0 Å². The Hall–Kier alpha value is -1.59. The van der Waals surface area contributed by atoms with Gasteiger partial charge in [-0.15, -0.1) is 0 Å². The van der Waals surface area contributed by atoms with E-state index in [9.17, 15) is 4.79 Å². The number of carbonyl (C=O) groups is 1. The molecule has 0 saturated carbocycles. The minimum atomic E-state index is 0.0443. The summed E-state index contributed by atoms with van der Waals surface area (Å²) >= 11 is 0. The van der Waals surface area contributed by atoms with Crippen molar-refractivity contribution in [1.82, 2.24) is 9.80 Å². The number of aryl methyl sites for hydroxylation is 1. The Balaban J connectivity index is 1.84. The highest BCUT2D eigenvalue weighted by atomic mass is 16.2. The highest BCUT2D eigenvalue weighted by Crippen LogP contribution is 2.17. The fourth-order valence-corrected chi connectivity index (χ4v) is 2.48. The van der Waals surface area contributed by atoms with Crippen LogP contribution in [0.2, 0.25) is 0 Å². The van der Waals surface area contributed by atoms with Crippen molar-refractivity contribution in [3.63, 3.8) is 0 Å². The van der Waals surface area contributed by atoms with E-state index in [1.165, 1.54) is 0 Å². The molecular weight excluding hydrogens is 252 g/mol. The van der Waals surface area contributed by atoms with E-state index in [4.69, 9.17) is 5.73 Å². The number of piperazine rings is 1. The van der Waals surface area contributed by atoms with Crippen LogP contribution in [0.5, 0.6) is 0 Å². The topological polar surface area (TPSA) is 61.6 Å². The molecule has 0 aliphatic carbocycles. The average Bonchev–Trinajstić information content (AvgIpc) is 2.43. The average molecular weight is 276 g/mol. The number of nitrogens with one attached hydrogen (secondary N) is 1. The van der Waals surface area contributed by atoms with Crippen LogP contribution in [0, 0.1) is 6.92 Å². The summed E-state index contributed by atoms with van der Waals surface area (Å²) in [7, 11) is 0. The number of nitrogens with zero attached hydrogens (tertiary/aromatic N) is 2. The maximum atomic E-state index is 12.1. The van der Waals surface area contributed by atoms with Crippen molar-refractivity contribution >= 4 is 17.3 Å². The summed E-state index contributed by atoms with van der Waals surface area (Å²) in [6, 6.07) is 5.54. The molecule has 5 nitrogen and oxygen atoms in total. The van der Waals surface area contributed by atoms with Crippen molar-refractivity contribution in [2.45, 2.75) is 13.8 Å². The van der Waals surface area contributed by atoms with Gasteiger partial charge in [0.1, 0.15) is 0 Å². The molecule has 1 aromatic rings. The zero-order valence-corrected chi connectivity index (χ0v) is 12.4. The van der Waals surface area contributed by atoms with Gasteiger partial charge in [0.05, 0.1) is 6.54 Å². The Morgan fingerprint density at radius 3 is 2.50 bits per heavy atom. The third-order valence-electron chi connectivity index (χ3n) is 3.80. The van der Waals surface area contributed by atoms with Crippen molar-refractivity contribution in [3.8, 4) is 0 Å². The first-order valence-electron chi connectivity index (χ1n) is 7.19. The van der Waals surface area contributed by atoms with Gasteiger partial charge in [-0.3, -0.25) is 9.69 Å². The molecule has 0 unspecified atom stereocenters. The predicted octanol–water partition coefficient (Wildman–Crippen LogP) is 1.15. The van der Waals surface area contributed by atoms with Gasteiger partial charge in [-0.2, -0.15) is 0 Å². The van der Waals surface area contributed by atoms with E-state index in [1.807, 2.05) is 25.1 Å². The van der Waals surface area contributed by atoms with Crippen LogP contribution in [-0.2, 0) is 4.79 Å². The minimum absolute atomic E-state index is 0.0443. The van der Waals surface area contributed by atoms with Gasteiger partial charge in [-0.25, -0.2) is 0 Å². The summed E-state index contributed by atoms with van der Waals surface area (Å²) in [4.78, 5) is 16.7. The maximum absolute atomic E-state index is 12.1. The van der Waals surface area contributed by atoms with Gasteiger partial charge in [0.25, 0.3) is 0 Å². The lowest BCUT2D eigenvalue weighted by molar-refractivity contribution is -0.117. The SMILES string of the molecule is CCN1CCN(CC(=O)Nc2ccc(N)cc2C)CC1. The van der Waals surface area contributed by atoms with E-state index in [2.05, 4.69) is 22.0 Å². The summed E-state index contributed by atoms with van der Waals surface area (Å²) in [5.74, 6) is 0.0443. The van der Waals surface area contributed by atoms with Crippen LogP contribution >= 0.6 is 0 Å². The van der Waals surface area contributed by atoms with Gasteiger partial charge in [0.15, 0.2) is 0 Å². The molecule has 110 valence electrons. The Labute approximate surface area is 120 Å². The van der Waals surface area contributed by atoms with Gasteiger partial charge in [0.2, 0.25) is 5.91 Å². The number of likely N-dealkylation sites (N-methyl/N-ethyl adjacent to an activating group) is 1. The van der Waals surface area contributed by atoms with E-state index in [0.717, 1.165) is 49.7 Å². The predicted molar refractivity (Wildman–Crippen MR) is 82.8 cm³/mol. The number of benzene rings is 1. The van der Waals surface area contributed by atoms with Gasteiger partial charge in [-0.05, 0) is 37.2 Å². The fraction of sp³-hybridized carbons (Fsp3) is 0.533. The molecule has 0 aromatic heterocycles. The van der Waals surface area contributed by atoms with E-state index >= 15 is 0 Å². The monoisotopic (exact) mass is 276 g/mol. The first-order valence-corrected chi connectivity index (χ1v) is 7.19. The van der Waals surface area contributed by atoms with Crippen LogP contribution in [0.4, 0.5) is 11.4 Å². The Morgan fingerprint density at radius 2 is 1.90 bits per heavy atom. The van der Waals surface area contributed by atoms with E-state index in [-0.39, 0.29) is 5.91 Å². The molecular formula is C15H24N4O. The van der Waals surface area contributed by atoms with Crippen LogP contribution in [0.15, 0.2) is 18.2 Å². The van der Waals surface area contributed by atoms with Crippen LogP contribution in [0.1, 0.15) is 12.5 Å². The van der Waals surface area contributed by atoms with Gasteiger partial charge < -0.3 is 16.0 Å². The highest BCUT2D eigenvalue weighted by molar-refractivity contribution is 5.93. The van der Waals surface area contributed by atoms with Crippen LogP contribution in [0.25, 0.3) is 0 Å². The van der Waals surface area contributed by atoms with E-state index in [0.29, 0.717) is 6.54 Å². The molecule has 1 aliphatic rings. The summed E-state index contributed by atoms with van der Waals surface area (Å²) in [6.45, 7) is 9.68. The van der Waals surface area contributed by atoms with Gasteiger partial charge in [0, 0.05) is 37.6 Å². The molecule has 3 N–H and O–H groups in total. The summed E-state index contributed by atoms with van der Waals surface area (Å²) in [5, 5.41) is 2.96. The number of hydrogen-bond acceptors (Lipinski definition) is 4. The minimum Gasteiger partial charge on any atom is -0.399 e.